The Morgan fingerprint density at radius 3 is 2.61 bits per heavy atom. The Kier molecular flexibility index (Phi) is 6.15. The first-order chi connectivity index (χ1) is 13.4. The highest BCUT2D eigenvalue weighted by Crippen LogP contribution is 2.34. The maximum absolute atomic E-state index is 12.4. The molecule has 1 aliphatic heterocycles. The summed E-state index contributed by atoms with van der Waals surface area (Å²) in [6.07, 6.45) is 1.78. The maximum Gasteiger partial charge on any atom is 0.269 e. The van der Waals surface area contributed by atoms with Crippen molar-refractivity contribution in [1.82, 2.24) is 4.90 Å². The molecule has 1 aliphatic rings. The normalized spacial score (nSPS) is 16.8. The van der Waals surface area contributed by atoms with E-state index in [-0.39, 0.29) is 18.2 Å². The fourth-order valence-electron chi connectivity index (χ4n) is 2.53. The number of nitrogens with zero attached hydrogens (tertiary/aromatic N) is 3. The second-order valence-corrected chi connectivity index (χ2v) is 7.80. The predicted molar refractivity (Wildman–Crippen MR) is 113 cm³/mol. The summed E-state index contributed by atoms with van der Waals surface area (Å²) in [4.78, 5) is 28.9. The summed E-state index contributed by atoms with van der Waals surface area (Å²) in [7, 11) is 3.33. The van der Waals surface area contributed by atoms with Gasteiger partial charge >= 0.3 is 0 Å². The molecule has 0 spiro atoms. The SMILES string of the molecule is CN=C1S/C(=C\c2cc(Br)ccc2OCc2ccc([N+](=O)[O-])cc2)C(=O)N1C. The molecule has 144 valence electrons. The third-order valence-electron chi connectivity index (χ3n) is 3.99. The maximum atomic E-state index is 12.4. The van der Waals surface area contributed by atoms with Crippen molar-refractivity contribution in [2.45, 2.75) is 6.61 Å². The number of aliphatic imine (C=N–C) groups is 1. The van der Waals surface area contributed by atoms with Crippen molar-refractivity contribution in [1.29, 1.82) is 0 Å². The molecule has 1 fully saturated rings. The Hall–Kier alpha value is -2.65. The molecule has 0 bridgehead atoms. The molecule has 2 aromatic rings. The number of rotatable bonds is 5. The number of carbonyl (C=O) groups excluding carboxylic acids is 1. The van der Waals surface area contributed by atoms with Crippen molar-refractivity contribution in [3.8, 4) is 5.75 Å². The van der Waals surface area contributed by atoms with E-state index in [4.69, 9.17) is 4.74 Å². The minimum absolute atomic E-state index is 0.0343. The number of halogens is 1. The van der Waals surface area contributed by atoms with Crippen LogP contribution in [0.4, 0.5) is 5.69 Å². The Labute approximate surface area is 174 Å². The van der Waals surface area contributed by atoms with Gasteiger partial charge in [-0.3, -0.25) is 24.8 Å². The molecule has 0 aliphatic carbocycles. The Morgan fingerprint density at radius 2 is 2.00 bits per heavy atom. The highest BCUT2D eigenvalue weighted by Gasteiger charge is 2.30. The van der Waals surface area contributed by atoms with Crippen molar-refractivity contribution >= 4 is 50.5 Å². The van der Waals surface area contributed by atoms with Crippen LogP contribution < -0.4 is 4.74 Å². The number of likely N-dealkylation sites (N-methyl/N-ethyl adjacent to an activating group) is 1. The van der Waals surface area contributed by atoms with Crippen LogP contribution in [0.1, 0.15) is 11.1 Å². The smallest absolute Gasteiger partial charge is 0.269 e. The zero-order valence-electron chi connectivity index (χ0n) is 15.1. The molecule has 28 heavy (non-hydrogen) atoms. The second kappa shape index (κ2) is 8.57. The van der Waals surface area contributed by atoms with Crippen LogP contribution in [-0.2, 0) is 11.4 Å². The van der Waals surface area contributed by atoms with Gasteiger partial charge in [0.15, 0.2) is 5.17 Å². The van der Waals surface area contributed by atoms with Crippen LogP contribution in [0.3, 0.4) is 0 Å². The van der Waals surface area contributed by atoms with E-state index in [2.05, 4.69) is 20.9 Å². The minimum Gasteiger partial charge on any atom is -0.488 e. The van der Waals surface area contributed by atoms with Crippen LogP contribution in [0.15, 0.2) is 56.8 Å². The summed E-state index contributed by atoms with van der Waals surface area (Å²) in [6, 6.07) is 11.7. The monoisotopic (exact) mass is 461 g/mol. The predicted octanol–water partition coefficient (Wildman–Crippen LogP) is 4.47. The highest BCUT2D eigenvalue weighted by molar-refractivity contribution is 9.10. The molecule has 1 saturated heterocycles. The zero-order valence-corrected chi connectivity index (χ0v) is 17.5. The van der Waals surface area contributed by atoms with E-state index in [1.54, 1.807) is 32.3 Å². The first-order valence-electron chi connectivity index (χ1n) is 8.19. The summed E-state index contributed by atoms with van der Waals surface area (Å²) in [5.74, 6) is 0.485. The number of hydrogen-bond donors (Lipinski definition) is 0. The molecule has 0 atom stereocenters. The van der Waals surface area contributed by atoms with Gasteiger partial charge in [0.25, 0.3) is 11.6 Å². The van der Waals surface area contributed by atoms with Gasteiger partial charge < -0.3 is 4.74 Å². The van der Waals surface area contributed by atoms with Crippen molar-refractivity contribution in [2.24, 2.45) is 4.99 Å². The molecule has 3 rings (SSSR count). The van der Waals surface area contributed by atoms with Crippen molar-refractivity contribution in [3.05, 3.63) is 73.1 Å². The van der Waals surface area contributed by atoms with Crippen LogP contribution in [-0.4, -0.2) is 35.0 Å². The number of amides is 1. The Morgan fingerprint density at radius 1 is 1.29 bits per heavy atom. The Balaban J connectivity index is 1.82. The molecule has 0 unspecified atom stereocenters. The Bertz CT molecular complexity index is 989. The fraction of sp³-hybridized carbons (Fsp3) is 0.158. The number of ether oxygens (including phenoxy) is 1. The van der Waals surface area contributed by atoms with E-state index >= 15 is 0 Å². The molecule has 1 amide bonds. The molecule has 0 N–H and O–H groups in total. The van der Waals surface area contributed by atoms with E-state index in [1.165, 1.54) is 28.8 Å². The van der Waals surface area contributed by atoms with Gasteiger partial charge in [0.1, 0.15) is 12.4 Å². The van der Waals surface area contributed by atoms with E-state index in [9.17, 15) is 14.9 Å². The highest BCUT2D eigenvalue weighted by atomic mass is 79.9. The summed E-state index contributed by atoms with van der Waals surface area (Å²) >= 11 is 4.75. The summed E-state index contributed by atoms with van der Waals surface area (Å²) < 4.78 is 6.76. The number of non-ortho nitro benzene ring substituents is 1. The summed E-state index contributed by atoms with van der Waals surface area (Å²) in [5, 5.41) is 11.4. The summed E-state index contributed by atoms with van der Waals surface area (Å²) in [6.45, 7) is 0.248. The minimum atomic E-state index is -0.440. The first kappa shape index (κ1) is 20.1. The van der Waals surface area contributed by atoms with Crippen molar-refractivity contribution in [3.63, 3.8) is 0 Å². The quantitative estimate of drug-likeness (QED) is 0.372. The molecule has 1 heterocycles. The van der Waals surface area contributed by atoms with Crippen LogP contribution >= 0.6 is 27.7 Å². The van der Waals surface area contributed by atoms with Gasteiger partial charge in [0.2, 0.25) is 0 Å². The molecule has 9 heteroatoms. The first-order valence-corrected chi connectivity index (χ1v) is 9.80. The second-order valence-electron chi connectivity index (χ2n) is 5.88. The fourth-order valence-corrected chi connectivity index (χ4v) is 3.83. The third kappa shape index (κ3) is 4.42. The van der Waals surface area contributed by atoms with Crippen molar-refractivity contribution in [2.75, 3.05) is 14.1 Å². The largest absolute Gasteiger partial charge is 0.488 e. The number of nitro benzene ring substituents is 1. The molecule has 0 radical (unpaired) electrons. The number of carbonyl (C=O) groups is 1. The number of benzene rings is 2. The average Bonchev–Trinajstić information content (AvgIpc) is 2.95. The van der Waals surface area contributed by atoms with Crippen molar-refractivity contribution < 1.29 is 14.5 Å². The molecule has 0 saturated carbocycles. The van der Waals surface area contributed by atoms with Gasteiger partial charge in [0.05, 0.1) is 9.83 Å². The lowest BCUT2D eigenvalue weighted by Crippen LogP contribution is -2.23. The molecular weight excluding hydrogens is 446 g/mol. The number of amidine groups is 1. The number of nitro groups is 1. The number of thioether (sulfide) groups is 1. The van der Waals surface area contributed by atoms with Gasteiger partial charge in [-0.2, -0.15) is 0 Å². The van der Waals surface area contributed by atoms with Gasteiger partial charge in [-0.15, -0.1) is 0 Å². The zero-order chi connectivity index (χ0) is 20.3. The lowest BCUT2D eigenvalue weighted by molar-refractivity contribution is -0.384. The lowest BCUT2D eigenvalue weighted by atomic mass is 10.1. The standard InChI is InChI=1S/C19H16BrN3O4S/c1-21-19-22(2)18(24)17(28-19)10-13-9-14(20)5-8-16(13)27-11-12-3-6-15(7-4-12)23(25)26/h3-10H,11H2,1-2H3/b17-10-,21-19?. The molecule has 7 nitrogen and oxygen atoms in total. The van der Waals surface area contributed by atoms with E-state index in [0.29, 0.717) is 15.8 Å². The molecular formula is C19H16BrN3O4S. The van der Waals surface area contributed by atoms with Gasteiger partial charge in [0, 0.05) is 36.3 Å². The summed E-state index contributed by atoms with van der Waals surface area (Å²) in [5.41, 5.74) is 1.59. The van der Waals surface area contributed by atoms with E-state index < -0.39 is 4.92 Å². The van der Waals surface area contributed by atoms with Gasteiger partial charge in [-0.05, 0) is 53.7 Å². The van der Waals surface area contributed by atoms with Crippen LogP contribution in [0.5, 0.6) is 5.75 Å². The van der Waals surface area contributed by atoms with E-state index in [0.717, 1.165) is 15.6 Å². The lowest BCUT2D eigenvalue weighted by Gasteiger charge is -2.10. The van der Waals surface area contributed by atoms with Gasteiger partial charge in [-0.1, -0.05) is 15.9 Å². The van der Waals surface area contributed by atoms with Crippen LogP contribution in [0.2, 0.25) is 0 Å². The average molecular weight is 462 g/mol. The third-order valence-corrected chi connectivity index (χ3v) is 5.64. The van der Waals surface area contributed by atoms with E-state index in [1.807, 2.05) is 18.2 Å². The topological polar surface area (TPSA) is 85.0 Å². The molecule has 0 aromatic heterocycles. The van der Waals surface area contributed by atoms with Gasteiger partial charge in [-0.25, -0.2) is 0 Å². The van der Waals surface area contributed by atoms with Crippen LogP contribution in [0, 0.1) is 10.1 Å². The molecule has 2 aromatic carbocycles. The van der Waals surface area contributed by atoms with Crippen LogP contribution in [0.25, 0.3) is 6.08 Å². The number of hydrogen-bond acceptors (Lipinski definition) is 6.